The van der Waals surface area contributed by atoms with Gasteiger partial charge >= 0.3 is 0 Å². The van der Waals surface area contributed by atoms with Crippen LogP contribution in [0.3, 0.4) is 0 Å². The third-order valence-corrected chi connectivity index (χ3v) is 5.01. The Morgan fingerprint density at radius 2 is 2.04 bits per heavy atom. The highest BCUT2D eigenvalue weighted by molar-refractivity contribution is 6.08. The summed E-state index contributed by atoms with van der Waals surface area (Å²) in [6, 6.07) is 11.3. The number of nitrogens with one attached hydrogen (secondary N) is 2. The molecule has 1 fully saturated rings. The summed E-state index contributed by atoms with van der Waals surface area (Å²) >= 11 is 0. The van der Waals surface area contributed by atoms with Gasteiger partial charge in [0.25, 0.3) is 0 Å². The van der Waals surface area contributed by atoms with Gasteiger partial charge in [0.2, 0.25) is 11.8 Å². The number of carbonyl (C=O) groups is 2. The van der Waals surface area contributed by atoms with E-state index in [-0.39, 0.29) is 5.69 Å². The Morgan fingerprint density at radius 1 is 1.22 bits per heavy atom. The Kier molecular flexibility index (Phi) is 4.14. The normalized spacial score (nSPS) is 19.3. The van der Waals surface area contributed by atoms with Crippen molar-refractivity contribution < 1.29 is 18.4 Å². The van der Waals surface area contributed by atoms with Gasteiger partial charge in [-0.25, -0.2) is 8.78 Å². The number of hydrogen-bond acceptors (Lipinski definition) is 2. The maximum Gasteiger partial charge on any atom is 0.237 e. The number of aryl methyl sites for hydroxylation is 1. The number of aromatic nitrogens is 1. The molecule has 1 aliphatic rings. The maximum absolute atomic E-state index is 13.9. The Morgan fingerprint density at radius 3 is 2.85 bits per heavy atom. The van der Waals surface area contributed by atoms with Gasteiger partial charge in [0.05, 0.1) is 5.69 Å². The molecular formula is C20H17F2N3O2. The number of halogens is 2. The molecule has 2 heterocycles. The van der Waals surface area contributed by atoms with Crippen molar-refractivity contribution in [2.75, 3.05) is 11.9 Å². The van der Waals surface area contributed by atoms with Crippen molar-refractivity contribution >= 4 is 28.4 Å². The lowest BCUT2D eigenvalue weighted by Gasteiger charge is -2.17. The molecule has 1 aromatic heterocycles. The van der Waals surface area contributed by atoms with Crippen LogP contribution in [0.1, 0.15) is 11.5 Å². The van der Waals surface area contributed by atoms with Gasteiger partial charge < -0.3 is 15.2 Å². The molecule has 5 nitrogen and oxygen atoms in total. The van der Waals surface area contributed by atoms with Crippen molar-refractivity contribution in [3.63, 3.8) is 0 Å². The Bertz CT molecular complexity index is 1060. The first-order valence-electron chi connectivity index (χ1n) is 8.53. The highest BCUT2D eigenvalue weighted by atomic mass is 19.2. The molecule has 2 aromatic carbocycles. The van der Waals surface area contributed by atoms with Gasteiger partial charge in [-0.1, -0.05) is 18.2 Å². The standard InChI is InChI=1S/C20H17F2N3O2/c1-25-8-7-11-5-6-12(9-16(11)25)13-10-23-19(26)17(13)20(27)24-15-4-2-3-14(21)18(15)22/h2-9,13,17H,10H2,1H3,(H,23,26)(H,24,27)/t13-,17-/m1/s1. The minimum absolute atomic E-state index is 0.281. The van der Waals surface area contributed by atoms with Crippen LogP contribution in [0.2, 0.25) is 0 Å². The summed E-state index contributed by atoms with van der Waals surface area (Å²) in [5.74, 6) is -4.72. The highest BCUT2D eigenvalue weighted by Gasteiger charge is 2.41. The van der Waals surface area contributed by atoms with Gasteiger partial charge in [0.1, 0.15) is 5.92 Å². The van der Waals surface area contributed by atoms with Crippen LogP contribution in [0.4, 0.5) is 14.5 Å². The first-order chi connectivity index (χ1) is 13.0. The van der Waals surface area contributed by atoms with E-state index in [0.29, 0.717) is 6.54 Å². The molecule has 0 spiro atoms. The smallest absolute Gasteiger partial charge is 0.237 e. The lowest BCUT2D eigenvalue weighted by Crippen LogP contribution is -2.32. The topological polar surface area (TPSA) is 63.1 Å². The van der Waals surface area contributed by atoms with Crippen LogP contribution in [-0.4, -0.2) is 22.9 Å². The zero-order valence-corrected chi connectivity index (χ0v) is 14.5. The summed E-state index contributed by atoms with van der Waals surface area (Å²) in [5.41, 5.74) is 1.54. The molecule has 1 saturated heterocycles. The minimum atomic E-state index is -1.15. The molecule has 0 saturated carbocycles. The van der Waals surface area contributed by atoms with Crippen LogP contribution >= 0.6 is 0 Å². The summed E-state index contributed by atoms with van der Waals surface area (Å²) in [4.78, 5) is 25.0. The fourth-order valence-corrected chi connectivity index (χ4v) is 3.55. The molecule has 3 aromatic rings. The van der Waals surface area contributed by atoms with E-state index in [1.165, 1.54) is 12.1 Å². The molecule has 2 atom stereocenters. The quantitative estimate of drug-likeness (QED) is 0.698. The van der Waals surface area contributed by atoms with Crippen LogP contribution in [0, 0.1) is 17.6 Å². The van der Waals surface area contributed by atoms with Crippen LogP contribution in [0.15, 0.2) is 48.7 Å². The van der Waals surface area contributed by atoms with Crippen LogP contribution in [-0.2, 0) is 16.6 Å². The van der Waals surface area contributed by atoms with Crippen LogP contribution < -0.4 is 10.6 Å². The third-order valence-electron chi connectivity index (χ3n) is 5.01. The van der Waals surface area contributed by atoms with E-state index in [4.69, 9.17) is 0 Å². The molecule has 0 unspecified atom stereocenters. The summed E-state index contributed by atoms with van der Waals surface area (Å²) in [6.07, 6.45) is 1.93. The van der Waals surface area contributed by atoms with Gasteiger partial charge in [0, 0.05) is 31.2 Å². The lowest BCUT2D eigenvalue weighted by molar-refractivity contribution is -0.130. The summed E-state index contributed by atoms with van der Waals surface area (Å²) in [6.45, 7) is 0.304. The zero-order chi connectivity index (χ0) is 19.1. The Labute approximate surface area is 154 Å². The second-order valence-electron chi connectivity index (χ2n) is 6.66. The number of fused-ring (bicyclic) bond motifs is 1. The second kappa shape index (κ2) is 6.50. The fraction of sp³-hybridized carbons (Fsp3) is 0.200. The largest absolute Gasteiger partial charge is 0.355 e. The second-order valence-corrected chi connectivity index (χ2v) is 6.66. The van der Waals surface area contributed by atoms with Crippen LogP contribution in [0.5, 0.6) is 0 Å². The van der Waals surface area contributed by atoms with Gasteiger partial charge in [-0.05, 0) is 35.2 Å². The van der Waals surface area contributed by atoms with Crippen molar-refractivity contribution in [1.82, 2.24) is 9.88 Å². The predicted molar refractivity (Wildman–Crippen MR) is 97.1 cm³/mol. The maximum atomic E-state index is 13.9. The van der Waals surface area contributed by atoms with Gasteiger partial charge in [0.15, 0.2) is 11.6 Å². The average Bonchev–Trinajstić information content (AvgIpc) is 3.22. The molecule has 1 aliphatic heterocycles. The molecule has 138 valence electrons. The van der Waals surface area contributed by atoms with E-state index in [2.05, 4.69) is 10.6 Å². The van der Waals surface area contributed by atoms with Crippen molar-refractivity contribution in [1.29, 1.82) is 0 Å². The van der Waals surface area contributed by atoms with E-state index >= 15 is 0 Å². The molecule has 7 heteroatoms. The van der Waals surface area contributed by atoms with Gasteiger partial charge in [-0.15, -0.1) is 0 Å². The lowest BCUT2D eigenvalue weighted by atomic mass is 9.87. The van der Waals surface area contributed by atoms with Crippen molar-refractivity contribution in [2.45, 2.75) is 5.92 Å². The molecule has 2 amide bonds. The molecule has 0 aliphatic carbocycles. The highest BCUT2D eigenvalue weighted by Crippen LogP contribution is 2.32. The first-order valence-corrected chi connectivity index (χ1v) is 8.53. The molecule has 2 N–H and O–H groups in total. The summed E-state index contributed by atoms with van der Waals surface area (Å²) in [5, 5.41) is 6.10. The van der Waals surface area contributed by atoms with E-state index in [9.17, 15) is 18.4 Å². The fourth-order valence-electron chi connectivity index (χ4n) is 3.55. The predicted octanol–water partition coefficient (Wildman–Crippen LogP) is 2.92. The van der Waals surface area contributed by atoms with Crippen molar-refractivity contribution in [2.24, 2.45) is 13.0 Å². The van der Waals surface area contributed by atoms with Gasteiger partial charge in [-0.2, -0.15) is 0 Å². The molecule has 0 radical (unpaired) electrons. The van der Waals surface area contributed by atoms with E-state index < -0.39 is 35.3 Å². The number of amides is 2. The van der Waals surface area contributed by atoms with E-state index in [1.54, 1.807) is 0 Å². The van der Waals surface area contributed by atoms with E-state index in [1.807, 2.05) is 42.1 Å². The number of rotatable bonds is 3. The molecule has 0 bridgehead atoms. The number of carbonyl (C=O) groups excluding carboxylic acids is 2. The minimum Gasteiger partial charge on any atom is -0.355 e. The molecule has 27 heavy (non-hydrogen) atoms. The third kappa shape index (κ3) is 2.95. The summed E-state index contributed by atoms with van der Waals surface area (Å²) in [7, 11) is 1.92. The van der Waals surface area contributed by atoms with Crippen molar-refractivity contribution in [3.05, 3.63) is 65.9 Å². The van der Waals surface area contributed by atoms with E-state index in [0.717, 1.165) is 22.5 Å². The number of benzene rings is 2. The Balaban J connectivity index is 1.65. The molecule has 4 rings (SSSR count). The monoisotopic (exact) mass is 369 g/mol. The molecular weight excluding hydrogens is 352 g/mol. The number of anilines is 1. The zero-order valence-electron chi connectivity index (χ0n) is 14.5. The SMILES string of the molecule is Cn1ccc2ccc([C@H]3CNC(=O)[C@@H]3C(=O)Nc3cccc(F)c3F)cc21. The number of nitrogens with zero attached hydrogens (tertiary/aromatic N) is 1. The van der Waals surface area contributed by atoms with Crippen LogP contribution in [0.25, 0.3) is 10.9 Å². The van der Waals surface area contributed by atoms with Crippen molar-refractivity contribution in [3.8, 4) is 0 Å². The Hall–Kier alpha value is -3.22. The average molecular weight is 369 g/mol. The number of hydrogen-bond donors (Lipinski definition) is 2. The first kappa shape index (κ1) is 17.2. The summed E-state index contributed by atoms with van der Waals surface area (Å²) < 4.78 is 29.2. The van der Waals surface area contributed by atoms with Gasteiger partial charge in [-0.3, -0.25) is 9.59 Å².